The third kappa shape index (κ3) is 10.5. The van der Waals surface area contributed by atoms with Crippen LogP contribution < -0.4 is 61.4 Å². The molecule has 1 heterocycles. The maximum atomic E-state index is 11.1. The van der Waals surface area contributed by atoms with E-state index in [-0.39, 0.29) is 71.8 Å². The van der Waals surface area contributed by atoms with Crippen LogP contribution in [-0.4, -0.2) is 59.4 Å². The van der Waals surface area contributed by atoms with E-state index in [0.29, 0.717) is 17.0 Å². The minimum Gasteiger partial charge on any atom is -0.650 e. The zero-order chi connectivity index (χ0) is 21.7. The molecule has 1 aromatic carbocycles. The summed E-state index contributed by atoms with van der Waals surface area (Å²) < 4.78 is 15.3. The summed E-state index contributed by atoms with van der Waals surface area (Å²) in [5.41, 5.74) is 1.25. The molecular weight excluding hydrogens is 421 g/mol. The maximum absolute atomic E-state index is 11.1. The van der Waals surface area contributed by atoms with Crippen LogP contribution >= 0.6 is 0 Å². The average molecular weight is 455 g/mol. The largest absolute Gasteiger partial charge is 1.00 e. The molecule has 2 rings (SSSR count). The van der Waals surface area contributed by atoms with Gasteiger partial charge in [-0.3, -0.25) is 0 Å². The standard InChI is InChI=1S/C15H18NO8.2C2H6.CH3.K/c1-16-9-4-8(6-22-7-17)2-3-11(9)23-12-5-10(18)13(19)14(24-12)15(20)21;2*1-2;;/h2-4,10,12-14,16,18-19H,5-6H2,1H3,(H,20,21);2*1-2H3;1H3;/q-1;;;-1;+1/t10?,12?,13-,14?;;;;/m0..../s1. The number of aliphatic carboxylic acids is 1. The number of benzene rings is 1. The van der Waals surface area contributed by atoms with Crippen molar-refractivity contribution in [2.24, 2.45) is 0 Å². The monoisotopic (exact) mass is 454 g/mol. The SMILES string of the molecule is CC.CC.CNc1cc(CO[C-]=O)ccc1OC1CC(O)[C@H](O)C(C(=O)O)O1.[CH3-].[K+]. The number of nitrogens with one attached hydrogen (secondary N) is 1. The molecule has 1 saturated heterocycles. The van der Waals surface area contributed by atoms with E-state index in [1.165, 1.54) is 6.47 Å². The van der Waals surface area contributed by atoms with Crippen molar-refractivity contribution < 1.29 is 90.5 Å². The molecule has 1 fully saturated rings. The van der Waals surface area contributed by atoms with Crippen LogP contribution in [0.4, 0.5) is 5.69 Å². The van der Waals surface area contributed by atoms with Gasteiger partial charge >= 0.3 is 57.4 Å². The van der Waals surface area contributed by atoms with E-state index in [9.17, 15) is 19.8 Å². The van der Waals surface area contributed by atoms with E-state index in [0.717, 1.165) is 0 Å². The number of rotatable bonds is 7. The Bertz CT molecular complexity index is 602. The Hall–Kier alpha value is -0.724. The summed E-state index contributed by atoms with van der Waals surface area (Å²) in [5, 5.41) is 31.3. The van der Waals surface area contributed by atoms with E-state index >= 15 is 0 Å². The molecule has 10 heteroatoms. The first-order valence-corrected chi connectivity index (χ1v) is 9.17. The molecule has 0 saturated carbocycles. The first kappa shape index (κ1) is 33.9. The topological polar surface area (TPSA) is 135 Å². The van der Waals surface area contributed by atoms with Crippen LogP contribution in [0.5, 0.6) is 5.75 Å². The van der Waals surface area contributed by atoms with Crippen LogP contribution in [0, 0.1) is 7.43 Å². The third-order valence-electron chi connectivity index (χ3n) is 3.55. The number of anilines is 1. The summed E-state index contributed by atoms with van der Waals surface area (Å²) in [6, 6.07) is 4.91. The van der Waals surface area contributed by atoms with Gasteiger partial charge in [0, 0.05) is 13.5 Å². The molecule has 3 unspecified atom stereocenters. The minimum atomic E-state index is -1.58. The van der Waals surface area contributed by atoms with Gasteiger partial charge in [0.15, 0.2) is 6.10 Å². The van der Waals surface area contributed by atoms with E-state index in [4.69, 9.17) is 14.6 Å². The predicted molar refractivity (Wildman–Crippen MR) is 109 cm³/mol. The smallest absolute Gasteiger partial charge is 0.650 e. The quantitative estimate of drug-likeness (QED) is 0.306. The van der Waals surface area contributed by atoms with Gasteiger partial charge in [0.2, 0.25) is 6.29 Å². The number of aliphatic hydroxyl groups is 2. The summed E-state index contributed by atoms with van der Waals surface area (Å²) in [7, 11) is 1.65. The van der Waals surface area contributed by atoms with Crippen LogP contribution in [-0.2, 0) is 25.7 Å². The number of carbonyl (C=O) groups is 1. The number of ether oxygens (including phenoxy) is 3. The van der Waals surface area contributed by atoms with Gasteiger partial charge in [-0.05, 0) is 17.7 Å². The minimum absolute atomic E-state index is 0. The summed E-state index contributed by atoms with van der Waals surface area (Å²) >= 11 is 0. The van der Waals surface area contributed by atoms with E-state index in [2.05, 4.69) is 10.1 Å². The molecule has 30 heavy (non-hydrogen) atoms. The van der Waals surface area contributed by atoms with Crippen molar-refractivity contribution in [2.45, 2.75) is 65.3 Å². The van der Waals surface area contributed by atoms with Gasteiger partial charge in [0.1, 0.15) is 11.9 Å². The van der Waals surface area contributed by atoms with Crippen LogP contribution in [0.1, 0.15) is 39.7 Å². The van der Waals surface area contributed by atoms with Gasteiger partial charge in [0.25, 0.3) is 0 Å². The maximum Gasteiger partial charge on any atom is 1.00 e. The molecule has 4 N–H and O–H groups in total. The molecular formula is C20H33KNO8-. The second-order valence-corrected chi connectivity index (χ2v) is 5.19. The summed E-state index contributed by atoms with van der Waals surface area (Å²) in [6.45, 7) is 9.38. The fourth-order valence-electron chi connectivity index (χ4n) is 2.34. The molecule has 1 aromatic rings. The molecule has 0 bridgehead atoms. The van der Waals surface area contributed by atoms with Crippen molar-refractivity contribution in [1.82, 2.24) is 0 Å². The van der Waals surface area contributed by atoms with Crippen LogP contribution in [0.3, 0.4) is 0 Å². The van der Waals surface area contributed by atoms with E-state index in [1.807, 2.05) is 27.7 Å². The Morgan fingerprint density at radius 2 is 1.87 bits per heavy atom. The van der Waals surface area contributed by atoms with Crippen molar-refractivity contribution in [1.29, 1.82) is 0 Å². The number of aliphatic hydroxyl groups excluding tert-OH is 2. The fourth-order valence-corrected chi connectivity index (χ4v) is 2.34. The molecule has 1 aliphatic heterocycles. The third-order valence-corrected chi connectivity index (χ3v) is 3.55. The number of hydrogen-bond acceptors (Lipinski definition) is 8. The van der Waals surface area contributed by atoms with Gasteiger partial charge in [-0.1, -0.05) is 40.2 Å². The Morgan fingerprint density at radius 3 is 2.37 bits per heavy atom. The van der Waals surface area contributed by atoms with Gasteiger partial charge < -0.3 is 47.1 Å². The summed E-state index contributed by atoms with van der Waals surface area (Å²) in [4.78, 5) is 21.2. The van der Waals surface area contributed by atoms with Crippen molar-refractivity contribution in [2.75, 3.05) is 12.4 Å². The van der Waals surface area contributed by atoms with E-state index < -0.39 is 30.6 Å². The molecule has 1 aliphatic rings. The van der Waals surface area contributed by atoms with Crippen molar-refractivity contribution in [3.8, 4) is 5.75 Å². The van der Waals surface area contributed by atoms with Crippen LogP contribution in [0.2, 0.25) is 0 Å². The second kappa shape index (κ2) is 19.0. The summed E-state index contributed by atoms with van der Waals surface area (Å²) in [6.07, 6.45) is -5.50. The molecule has 9 nitrogen and oxygen atoms in total. The van der Waals surface area contributed by atoms with Crippen molar-refractivity contribution in [3.63, 3.8) is 0 Å². The first-order chi connectivity index (χ1) is 13.5. The number of carboxylic acid groups (broad SMARTS) is 1. The van der Waals surface area contributed by atoms with Gasteiger partial charge in [-0.15, -0.1) is 0 Å². The molecule has 0 amide bonds. The first-order valence-electron chi connectivity index (χ1n) is 9.17. The van der Waals surface area contributed by atoms with Gasteiger partial charge in [-0.2, -0.15) is 0 Å². The zero-order valence-corrected chi connectivity index (χ0v) is 22.0. The Morgan fingerprint density at radius 1 is 1.27 bits per heavy atom. The fraction of sp³-hybridized carbons (Fsp3) is 0.550. The molecule has 168 valence electrons. The molecule has 0 spiro atoms. The van der Waals surface area contributed by atoms with Crippen LogP contribution in [0.15, 0.2) is 18.2 Å². The van der Waals surface area contributed by atoms with Crippen molar-refractivity contribution in [3.05, 3.63) is 31.2 Å². The molecule has 4 atom stereocenters. The molecule has 0 aromatic heterocycles. The predicted octanol–water partition coefficient (Wildman–Crippen LogP) is -0.881. The Kier molecular flexibility index (Phi) is 21.5. The zero-order valence-electron chi connectivity index (χ0n) is 18.8. The van der Waals surface area contributed by atoms with Crippen molar-refractivity contribution >= 4 is 18.1 Å². The van der Waals surface area contributed by atoms with Gasteiger partial charge in [-0.25, -0.2) is 4.79 Å². The van der Waals surface area contributed by atoms with E-state index in [1.54, 1.807) is 25.2 Å². The Balaban J connectivity index is -0.00000114. The molecule has 0 aliphatic carbocycles. The van der Waals surface area contributed by atoms with Crippen LogP contribution in [0.25, 0.3) is 0 Å². The summed E-state index contributed by atoms with van der Waals surface area (Å²) in [5.74, 6) is -1.03. The number of hydrogen-bond donors (Lipinski definition) is 4. The molecule has 0 radical (unpaired) electrons. The second-order valence-electron chi connectivity index (χ2n) is 5.19. The normalized spacial score (nSPS) is 21.6. The van der Waals surface area contributed by atoms with Gasteiger partial charge in [0.05, 0.1) is 18.4 Å². The Labute approximate surface area is 221 Å². The average Bonchev–Trinajstić information content (AvgIpc) is 2.72. The number of carboxylic acids is 1. The number of carbonyl (C=O) groups excluding carboxylic acids is 1.